The summed E-state index contributed by atoms with van der Waals surface area (Å²) in [5.74, 6) is -0.539. The Labute approximate surface area is 220 Å². The van der Waals surface area contributed by atoms with Crippen molar-refractivity contribution >= 4 is 28.5 Å². The van der Waals surface area contributed by atoms with E-state index in [0.717, 1.165) is 29.7 Å². The van der Waals surface area contributed by atoms with Gasteiger partial charge in [0.1, 0.15) is 18.0 Å². The number of anilines is 1. The third-order valence-corrected chi connectivity index (χ3v) is 6.30. The number of carbonyl (C=O) groups excluding carboxylic acids is 2. The number of rotatable bonds is 6. The summed E-state index contributed by atoms with van der Waals surface area (Å²) in [6.45, 7) is 5.39. The molecular weight excluding hydrogens is 482 g/mol. The molecule has 8 heteroatoms. The topological polar surface area (TPSA) is 110 Å². The standard InChI is InChI=1S/C30H29N3O5/c1-30(2,3)38-29(36)19-9-12-21(13-10-19)31-24-14-11-20-15-25-23(16-22(20)24)27(34)33-26(32-25)17-37-28(35)18-7-5-4-6-8-18/h4-10,12-13,15-16,24,31H,11,14,17H2,1-3H3,(H,32,33,34). The van der Waals surface area contributed by atoms with E-state index >= 15 is 0 Å². The molecule has 0 amide bonds. The van der Waals surface area contributed by atoms with E-state index in [1.807, 2.05) is 51.1 Å². The number of esters is 2. The van der Waals surface area contributed by atoms with E-state index in [2.05, 4.69) is 15.3 Å². The zero-order valence-corrected chi connectivity index (χ0v) is 21.5. The monoisotopic (exact) mass is 511 g/mol. The number of H-pyrrole nitrogens is 1. The molecule has 1 aliphatic rings. The predicted octanol–water partition coefficient (Wildman–Crippen LogP) is 5.33. The largest absolute Gasteiger partial charge is 0.456 e. The lowest BCUT2D eigenvalue weighted by Crippen LogP contribution is -2.23. The number of aryl methyl sites for hydroxylation is 1. The van der Waals surface area contributed by atoms with E-state index < -0.39 is 11.6 Å². The van der Waals surface area contributed by atoms with Crippen molar-refractivity contribution in [3.05, 3.63) is 105 Å². The molecule has 8 nitrogen and oxygen atoms in total. The minimum absolute atomic E-state index is 0.0210. The van der Waals surface area contributed by atoms with Crippen LogP contribution in [0.3, 0.4) is 0 Å². The van der Waals surface area contributed by atoms with Gasteiger partial charge in [-0.05, 0) is 93.3 Å². The highest BCUT2D eigenvalue weighted by molar-refractivity contribution is 5.90. The van der Waals surface area contributed by atoms with E-state index in [9.17, 15) is 14.4 Å². The number of nitrogens with one attached hydrogen (secondary N) is 2. The highest BCUT2D eigenvalue weighted by Crippen LogP contribution is 2.35. The van der Waals surface area contributed by atoms with Crippen LogP contribution in [0.15, 0.2) is 71.5 Å². The van der Waals surface area contributed by atoms with Gasteiger partial charge in [-0.15, -0.1) is 0 Å². The van der Waals surface area contributed by atoms with Gasteiger partial charge in [0, 0.05) is 5.69 Å². The summed E-state index contributed by atoms with van der Waals surface area (Å²) in [6.07, 6.45) is 1.70. The average molecular weight is 512 g/mol. The number of ether oxygens (including phenoxy) is 2. The van der Waals surface area contributed by atoms with Crippen molar-refractivity contribution in [1.29, 1.82) is 0 Å². The number of aromatic nitrogens is 2. The van der Waals surface area contributed by atoms with Crippen molar-refractivity contribution in [2.45, 2.75) is 51.9 Å². The van der Waals surface area contributed by atoms with Crippen molar-refractivity contribution < 1.29 is 19.1 Å². The van der Waals surface area contributed by atoms with Crippen molar-refractivity contribution in [2.24, 2.45) is 0 Å². The molecule has 0 spiro atoms. The Balaban J connectivity index is 1.30. The molecule has 0 fully saturated rings. The van der Waals surface area contributed by atoms with Gasteiger partial charge in [0.25, 0.3) is 5.56 Å². The molecule has 38 heavy (non-hydrogen) atoms. The summed E-state index contributed by atoms with van der Waals surface area (Å²) < 4.78 is 10.8. The van der Waals surface area contributed by atoms with Crippen LogP contribution in [0.5, 0.6) is 0 Å². The number of hydrogen-bond acceptors (Lipinski definition) is 7. The molecule has 5 rings (SSSR count). The van der Waals surface area contributed by atoms with Gasteiger partial charge in [-0.25, -0.2) is 14.6 Å². The van der Waals surface area contributed by atoms with Crippen LogP contribution in [-0.2, 0) is 22.5 Å². The van der Waals surface area contributed by atoms with Gasteiger partial charge in [0.15, 0.2) is 0 Å². The molecule has 3 aromatic carbocycles. The van der Waals surface area contributed by atoms with Gasteiger partial charge >= 0.3 is 11.9 Å². The number of hydrogen-bond donors (Lipinski definition) is 2. The zero-order valence-electron chi connectivity index (χ0n) is 21.5. The van der Waals surface area contributed by atoms with Gasteiger partial charge in [-0.1, -0.05) is 18.2 Å². The van der Waals surface area contributed by atoms with Crippen LogP contribution in [0, 0.1) is 0 Å². The first-order chi connectivity index (χ1) is 18.2. The van der Waals surface area contributed by atoms with Crippen molar-refractivity contribution in [3.8, 4) is 0 Å². The van der Waals surface area contributed by atoms with Gasteiger partial charge in [-0.2, -0.15) is 0 Å². The summed E-state index contributed by atoms with van der Waals surface area (Å²) in [7, 11) is 0. The number of fused-ring (bicyclic) bond motifs is 2. The van der Waals surface area contributed by atoms with Gasteiger partial charge in [0.05, 0.1) is 28.1 Å². The van der Waals surface area contributed by atoms with Gasteiger partial charge < -0.3 is 19.8 Å². The van der Waals surface area contributed by atoms with E-state index in [-0.39, 0.29) is 24.2 Å². The Bertz CT molecular complexity index is 1550. The van der Waals surface area contributed by atoms with Crippen LogP contribution in [0.4, 0.5) is 5.69 Å². The number of carbonyl (C=O) groups is 2. The van der Waals surface area contributed by atoms with Crippen LogP contribution in [0.2, 0.25) is 0 Å². The van der Waals surface area contributed by atoms with E-state index in [1.54, 1.807) is 36.4 Å². The molecular formula is C30H29N3O5. The Morgan fingerprint density at radius 1 is 1.00 bits per heavy atom. The molecule has 0 radical (unpaired) electrons. The van der Waals surface area contributed by atoms with E-state index in [0.29, 0.717) is 27.9 Å². The summed E-state index contributed by atoms with van der Waals surface area (Å²) in [4.78, 5) is 44.7. The molecule has 0 bridgehead atoms. The minimum Gasteiger partial charge on any atom is -0.456 e. The molecule has 1 heterocycles. The molecule has 0 aliphatic heterocycles. The van der Waals surface area contributed by atoms with Crippen LogP contribution in [0.1, 0.15) is 70.9 Å². The molecule has 1 unspecified atom stereocenters. The van der Waals surface area contributed by atoms with Crippen LogP contribution in [-0.4, -0.2) is 27.5 Å². The molecule has 0 saturated heterocycles. The number of benzene rings is 3. The second kappa shape index (κ2) is 10.1. The third kappa shape index (κ3) is 5.59. The SMILES string of the molecule is CC(C)(C)OC(=O)c1ccc(NC2CCc3cc4nc(COC(=O)c5ccccc5)[nH]c(=O)c4cc32)cc1. The molecule has 1 aromatic heterocycles. The molecule has 4 aromatic rings. The maximum absolute atomic E-state index is 12.9. The fourth-order valence-corrected chi connectivity index (χ4v) is 4.54. The first-order valence-electron chi connectivity index (χ1n) is 12.5. The maximum atomic E-state index is 12.9. The summed E-state index contributed by atoms with van der Waals surface area (Å²) in [6, 6.07) is 19.7. The summed E-state index contributed by atoms with van der Waals surface area (Å²) in [5.41, 5.74) is 3.70. The second-order valence-electron chi connectivity index (χ2n) is 10.3. The van der Waals surface area contributed by atoms with Crippen molar-refractivity contribution in [2.75, 3.05) is 5.32 Å². The van der Waals surface area contributed by atoms with Crippen molar-refractivity contribution in [1.82, 2.24) is 9.97 Å². The zero-order chi connectivity index (χ0) is 26.9. The molecule has 194 valence electrons. The van der Waals surface area contributed by atoms with Gasteiger partial charge in [0.2, 0.25) is 0 Å². The quantitative estimate of drug-likeness (QED) is 0.337. The smallest absolute Gasteiger partial charge is 0.338 e. The number of nitrogens with zero attached hydrogens (tertiary/aromatic N) is 1. The Morgan fingerprint density at radius 2 is 1.71 bits per heavy atom. The average Bonchev–Trinajstić information content (AvgIpc) is 3.27. The fraction of sp³-hybridized carbons (Fsp3) is 0.267. The Morgan fingerprint density at radius 3 is 2.42 bits per heavy atom. The van der Waals surface area contributed by atoms with E-state index in [4.69, 9.17) is 9.47 Å². The lowest BCUT2D eigenvalue weighted by atomic mass is 10.0. The molecule has 2 N–H and O–H groups in total. The Kier molecular flexibility index (Phi) is 6.72. The molecule has 0 saturated carbocycles. The van der Waals surface area contributed by atoms with Crippen LogP contribution < -0.4 is 10.9 Å². The predicted molar refractivity (Wildman–Crippen MR) is 144 cm³/mol. The fourth-order valence-electron chi connectivity index (χ4n) is 4.54. The lowest BCUT2D eigenvalue weighted by molar-refractivity contribution is 0.00693. The summed E-state index contributed by atoms with van der Waals surface area (Å²) >= 11 is 0. The normalized spacial score (nSPS) is 14.7. The highest BCUT2D eigenvalue weighted by atomic mass is 16.6. The summed E-state index contributed by atoms with van der Waals surface area (Å²) in [5, 5.41) is 4.00. The lowest BCUT2D eigenvalue weighted by Gasteiger charge is -2.20. The van der Waals surface area contributed by atoms with Gasteiger partial charge in [-0.3, -0.25) is 4.79 Å². The first kappa shape index (κ1) is 25.2. The first-order valence-corrected chi connectivity index (χ1v) is 12.5. The second-order valence-corrected chi connectivity index (χ2v) is 10.3. The Hall–Kier alpha value is -4.46. The minimum atomic E-state index is -0.551. The van der Waals surface area contributed by atoms with Crippen LogP contribution >= 0.6 is 0 Å². The molecule has 1 aliphatic carbocycles. The number of aromatic amines is 1. The third-order valence-electron chi connectivity index (χ3n) is 6.30. The van der Waals surface area contributed by atoms with Crippen molar-refractivity contribution in [3.63, 3.8) is 0 Å². The van der Waals surface area contributed by atoms with Crippen LogP contribution in [0.25, 0.3) is 10.9 Å². The maximum Gasteiger partial charge on any atom is 0.338 e. The van der Waals surface area contributed by atoms with E-state index in [1.165, 1.54) is 0 Å². The molecule has 1 atom stereocenters. The highest BCUT2D eigenvalue weighted by Gasteiger charge is 2.24.